The zero-order valence-electron chi connectivity index (χ0n) is 13.2. The van der Waals surface area contributed by atoms with Gasteiger partial charge in [-0.1, -0.05) is 0 Å². The van der Waals surface area contributed by atoms with Crippen LogP contribution in [-0.4, -0.2) is 42.6 Å². The van der Waals surface area contributed by atoms with Crippen molar-refractivity contribution in [1.29, 1.82) is 0 Å². The van der Waals surface area contributed by atoms with Crippen LogP contribution in [0.3, 0.4) is 0 Å². The molecule has 0 radical (unpaired) electrons. The Hall–Kier alpha value is -1.26. The van der Waals surface area contributed by atoms with Crippen molar-refractivity contribution >= 4 is 18.3 Å². The molecule has 2 unspecified atom stereocenters. The number of ether oxygens (including phenoxy) is 1. The van der Waals surface area contributed by atoms with Crippen LogP contribution in [0.1, 0.15) is 43.0 Å². The molecule has 3 rings (SSSR count). The van der Waals surface area contributed by atoms with Gasteiger partial charge in [0.1, 0.15) is 5.75 Å². The van der Waals surface area contributed by atoms with Crippen LogP contribution in [0.25, 0.3) is 0 Å². The van der Waals surface area contributed by atoms with E-state index in [2.05, 4.69) is 5.32 Å². The van der Waals surface area contributed by atoms with Crippen molar-refractivity contribution in [2.75, 3.05) is 13.7 Å². The molecule has 0 aromatic heterocycles. The van der Waals surface area contributed by atoms with E-state index in [0.29, 0.717) is 24.7 Å². The summed E-state index contributed by atoms with van der Waals surface area (Å²) < 4.78 is 5.42. The van der Waals surface area contributed by atoms with Gasteiger partial charge in [-0.3, -0.25) is 4.79 Å². The van der Waals surface area contributed by atoms with Crippen LogP contribution in [-0.2, 0) is 0 Å². The molecule has 122 valence electrons. The van der Waals surface area contributed by atoms with Crippen molar-refractivity contribution in [2.45, 2.75) is 50.7 Å². The first-order valence-electron chi connectivity index (χ1n) is 7.93. The number of benzene rings is 1. The van der Waals surface area contributed by atoms with Crippen LogP contribution in [0.2, 0.25) is 0 Å². The van der Waals surface area contributed by atoms with E-state index in [9.17, 15) is 4.79 Å². The fourth-order valence-corrected chi connectivity index (χ4v) is 3.57. The van der Waals surface area contributed by atoms with Crippen LogP contribution in [0.15, 0.2) is 24.3 Å². The molecule has 1 amide bonds. The maximum Gasteiger partial charge on any atom is 0.253 e. The second-order valence-electron chi connectivity index (χ2n) is 6.14. The number of piperidine rings is 1. The van der Waals surface area contributed by atoms with Crippen molar-refractivity contribution < 1.29 is 9.53 Å². The summed E-state index contributed by atoms with van der Waals surface area (Å²) in [7, 11) is 1.94. The molecule has 2 heterocycles. The molecule has 1 N–H and O–H groups in total. The topological polar surface area (TPSA) is 41.6 Å². The molecule has 1 aromatic carbocycles. The number of fused-ring (bicyclic) bond motifs is 2. The lowest BCUT2D eigenvalue weighted by Gasteiger charge is -2.35. The minimum Gasteiger partial charge on any atom is -0.494 e. The summed E-state index contributed by atoms with van der Waals surface area (Å²) in [6.45, 7) is 2.60. The maximum atomic E-state index is 12.6. The number of nitrogens with zero attached hydrogens (tertiary/aromatic N) is 1. The van der Waals surface area contributed by atoms with Crippen molar-refractivity contribution in [2.24, 2.45) is 0 Å². The van der Waals surface area contributed by atoms with Gasteiger partial charge in [-0.2, -0.15) is 0 Å². The predicted octanol–water partition coefficient (Wildman–Crippen LogP) is 2.86. The Morgan fingerprint density at radius 3 is 2.36 bits per heavy atom. The smallest absolute Gasteiger partial charge is 0.253 e. The average Bonchev–Trinajstić information content (AvgIpc) is 2.85. The standard InChI is InChI=1S/C17H24N2O2.ClH/c1-3-21-16-8-4-12(5-9-16)17(20)19(2)15-10-13-6-7-14(11-15)18-13;/h4-5,8-9,13-15,18H,3,6-7,10-11H2,1-2H3;1H. The summed E-state index contributed by atoms with van der Waals surface area (Å²) >= 11 is 0. The van der Waals surface area contributed by atoms with Crippen LogP contribution in [0, 0.1) is 0 Å². The molecule has 2 atom stereocenters. The molecular formula is C17H25ClN2O2. The number of carbonyl (C=O) groups excluding carboxylic acids is 1. The van der Waals surface area contributed by atoms with E-state index in [1.807, 2.05) is 43.1 Å². The van der Waals surface area contributed by atoms with Crippen LogP contribution in [0.5, 0.6) is 5.75 Å². The largest absolute Gasteiger partial charge is 0.494 e. The van der Waals surface area contributed by atoms with Crippen LogP contribution in [0.4, 0.5) is 0 Å². The molecule has 2 fully saturated rings. The number of nitrogens with one attached hydrogen (secondary N) is 1. The van der Waals surface area contributed by atoms with Crippen molar-refractivity contribution in [3.63, 3.8) is 0 Å². The van der Waals surface area contributed by atoms with E-state index in [4.69, 9.17) is 4.74 Å². The Balaban J connectivity index is 0.00000176. The number of halogens is 1. The van der Waals surface area contributed by atoms with E-state index in [-0.39, 0.29) is 18.3 Å². The summed E-state index contributed by atoms with van der Waals surface area (Å²) in [4.78, 5) is 14.5. The minimum absolute atomic E-state index is 0. The Morgan fingerprint density at radius 2 is 1.82 bits per heavy atom. The lowest BCUT2D eigenvalue weighted by molar-refractivity contribution is 0.0681. The quantitative estimate of drug-likeness (QED) is 0.926. The maximum absolute atomic E-state index is 12.6. The van der Waals surface area contributed by atoms with E-state index in [1.165, 1.54) is 12.8 Å². The third-order valence-electron chi connectivity index (χ3n) is 4.73. The first-order chi connectivity index (χ1) is 10.2. The third kappa shape index (κ3) is 3.55. The highest BCUT2D eigenvalue weighted by Crippen LogP contribution is 2.30. The van der Waals surface area contributed by atoms with Gasteiger partial charge in [-0.15, -0.1) is 12.4 Å². The van der Waals surface area contributed by atoms with Gasteiger partial charge < -0.3 is 15.0 Å². The van der Waals surface area contributed by atoms with Gasteiger partial charge in [-0.25, -0.2) is 0 Å². The molecule has 4 nitrogen and oxygen atoms in total. The van der Waals surface area contributed by atoms with Gasteiger partial charge in [0, 0.05) is 30.7 Å². The second kappa shape index (κ2) is 7.34. The SMILES string of the molecule is CCOc1ccc(C(=O)N(C)C2CC3CCC(C2)N3)cc1.Cl. The third-order valence-corrected chi connectivity index (χ3v) is 4.73. The van der Waals surface area contributed by atoms with Crippen LogP contribution >= 0.6 is 12.4 Å². The second-order valence-corrected chi connectivity index (χ2v) is 6.14. The minimum atomic E-state index is 0. The van der Waals surface area contributed by atoms with E-state index >= 15 is 0 Å². The molecule has 5 heteroatoms. The van der Waals surface area contributed by atoms with Gasteiger partial charge in [-0.05, 0) is 56.9 Å². The Kier molecular flexibility index (Phi) is 5.70. The van der Waals surface area contributed by atoms with Gasteiger partial charge in [0.05, 0.1) is 6.61 Å². The number of rotatable bonds is 4. The van der Waals surface area contributed by atoms with E-state index in [1.54, 1.807) is 0 Å². The highest BCUT2D eigenvalue weighted by atomic mass is 35.5. The molecule has 0 spiro atoms. The first-order valence-corrected chi connectivity index (χ1v) is 7.93. The molecule has 2 saturated heterocycles. The van der Waals surface area contributed by atoms with Gasteiger partial charge >= 0.3 is 0 Å². The van der Waals surface area contributed by atoms with Crippen molar-refractivity contribution in [3.8, 4) is 5.75 Å². The summed E-state index contributed by atoms with van der Waals surface area (Å²) in [5.74, 6) is 0.931. The fraction of sp³-hybridized carbons (Fsp3) is 0.588. The number of carbonyl (C=O) groups is 1. The number of amides is 1. The zero-order valence-corrected chi connectivity index (χ0v) is 14.1. The van der Waals surface area contributed by atoms with Crippen molar-refractivity contribution in [1.82, 2.24) is 10.2 Å². The molecular weight excluding hydrogens is 300 g/mol. The van der Waals surface area contributed by atoms with Crippen LogP contribution < -0.4 is 10.1 Å². The molecule has 2 bridgehead atoms. The number of hydrogen-bond acceptors (Lipinski definition) is 3. The molecule has 1 aromatic rings. The average molecular weight is 325 g/mol. The monoisotopic (exact) mass is 324 g/mol. The highest BCUT2D eigenvalue weighted by molar-refractivity contribution is 5.94. The van der Waals surface area contributed by atoms with Crippen molar-refractivity contribution in [3.05, 3.63) is 29.8 Å². The molecule has 22 heavy (non-hydrogen) atoms. The van der Waals surface area contributed by atoms with Gasteiger partial charge in [0.15, 0.2) is 0 Å². The predicted molar refractivity (Wildman–Crippen MR) is 89.9 cm³/mol. The lowest BCUT2D eigenvalue weighted by Crippen LogP contribution is -2.48. The van der Waals surface area contributed by atoms with E-state index in [0.717, 1.165) is 24.2 Å². The first kappa shape index (κ1) is 17.1. The molecule has 2 aliphatic heterocycles. The summed E-state index contributed by atoms with van der Waals surface area (Å²) in [5, 5.41) is 3.62. The fourth-order valence-electron chi connectivity index (χ4n) is 3.57. The lowest BCUT2D eigenvalue weighted by atomic mass is 9.98. The summed E-state index contributed by atoms with van der Waals surface area (Å²) in [6.07, 6.45) is 4.67. The Labute approximate surface area is 138 Å². The van der Waals surface area contributed by atoms with E-state index < -0.39 is 0 Å². The molecule has 0 saturated carbocycles. The Morgan fingerprint density at radius 1 is 1.23 bits per heavy atom. The van der Waals surface area contributed by atoms with Gasteiger partial charge in [0.2, 0.25) is 0 Å². The normalized spacial score (nSPS) is 26.2. The van der Waals surface area contributed by atoms with Gasteiger partial charge in [0.25, 0.3) is 5.91 Å². The number of hydrogen-bond donors (Lipinski definition) is 1. The zero-order chi connectivity index (χ0) is 14.8. The summed E-state index contributed by atoms with van der Waals surface area (Å²) in [6, 6.07) is 9.03. The summed E-state index contributed by atoms with van der Waals surface area (Å²) in [5.41, 5.74) is 0.742. The molecule has 0 aliphatic carbocycles. The highest BCUT2D eigenvalue weighted by Gasteiger charge is 2.36. The Bertz CT molecular complexity index is 494. The molecule has 2 aliphatic rings.